The molecule has 2 heterocycles. The predicted molar refractivity (Wildman–Crippen MR) is 81.0 cm³/mol. The van der Waals surface area contributed by atoms with Crippen LogP contribution in [0.1, 0.15) is 31.4 Å². The zero-order valence-electron chi connectivity index (χ0n) is 11.9. The SMILES string of the molecule is CCCNC1C(=O)Nc2cc(OC3CCOC3)c(Cl)cc21. The summed E-state index contributed by atoms with van der Waals surface area (Å²) in [6.07, 6.45) is 1.86. The van der Waals surface area contributed by atoms with Crippen molar-refractivity contribution in [3.8, 4) is 5.75 Å². The Hall–Kier alpha value is -1.30. The third-order valence-corrected chi connectivity index (χ3v) is 4.01. The average molecular weight is 311 g/mol. The fourth-order valence-corrected chi connectivity index (χ4v) is 2.85. The molecule has 1 saturated heterocycles. The van der Waals surface area contributed by atoms with E-state index in [0.717, 1.165) is 30.6 Å². The summed E-state index contributed by atoms with van der Waals surface area (Å²) < 4.78 is 11.1. The van der Waals surface area contributed by atoms with Gasteiger partial charge < -0.3 is 20.1 Å². The van der Waals surface area contributed by atoms with Crippen LogP contribution in [0.5, 0.6) is 5.75 Å². The number of amides is 1. The van der Waals surface area contributed by atoms with Crippen LogP contribution in [0.2, 0.25) is 5.02 Å². The minimum atomic E-state index is -0.332. The van der Waals surface area contributed by atoms with Crippen molar-refractivity contribution in [2.75, 3.05) is 25.1 Å². The van der Waals surface area contributed by atoms with E-state index in [1.807, 2.05) is 12.1 Å². The molecule has 0 bridgehead atoms. The predicted octanol–water partition coefficient (Wildman–Crippen LogP) is 2.50. The van der Waals surface area contributed by atoms with Gasteiger partial charge in [-0.05, 0) is 19.0 Å². The minimum absolute atomic E-state index is 0.0340. The largest absolute Gasteiger partial charge is 0.486 e. The molecule has 2 aliphatic rings. The molecule has 0 aromatic heterocycles. The van der Waals surface area contributed by atoms with Crippen LogP contribution < -0.4 is 15.4 Å². The van der Waals surface area contributed by atoms with E-state index in [1.54, 1.807) is 0 Å². The Morgan fingerprint density at radius 1 is 1.52 bits per heavy atom. The lowest BCUT2D eigenvalue weighted by Crippen LogP contribution is -2.28. The molecular formula is C15H19ClN2O3. The van der Waals surface area contributed by atoms with Crippen LogP contribution in [0.25, 0.3) is 0 Å². The van der Waals surface area contributed by atoms with Gasteiger partial charge in [0.05, 0.1) is 18.2 Å². The number of ether oxygens (including phenoxy) is 2. The topological polar surface area (TPSA) is 59.6 Å². The van der Waals surface area contributed by atoms with E-state index in [1.165, 1.54) is 0 Å². The van der Waals surface area contributed by atoms with Crippen molar-refractivity contribution >= 4 is 23.2 Å². The molecule has 21 heavy (non-hydrogen) atoms. The minimum Gasteiger partial charge on any atom is -0.486 e. The zero-order chi connectivity index (χ0) is 14.8. The molecule has 0 spiro atoms. The van der Waals surface area contributed by atoms with Crippen molar-refractivity contribution < 1.29 is 14.3 Å². The van der Waals surface area contributed by atoms with Gasteiger partial charge >= 0.3 is 0 Å². The molecule has 1 aromatic carbocycles. The summed E-state index contributed by atoms with van der Waals surface area (Å²) in [5.74, 6) is 0.554. The van der Waals surface area contributed by atoms with Crippen LogP contribution in [-0.4, -0.2) is 31.8 Å². The van der Waals surface area contributed by atoms with Gasteiger partial charge in [0.1, 0.15) is 17.9 Å². The molecule has 2 aliphatic heterocycles. The standard InChI is InChI=1S/C15H19ClN2O3/c1-2-4-17-14-10-6-11(16)13(7-12(10)18-15(14)19)21-9-3-5-20-8-9/h6-7,9,14,17H,2-5,8H2,1H3,(H,18,19). The summed E-state index contributed by atoms with van der Waals surface area (Å²) in [6, 6.07) is 3.29. The summed E-state index contributed by atoms with van der Waals surface area (Å²) in [4.78, 5) is 12.0. The van der Waals surface area contributed by atoms with Crippen LogP contribution >= 0.6 is 11.6 Å². The third kappa shape index (κ3) is 3.00. The molecule has 0 saturated carbocycles. The Kier molecular flexibility index (Phi) is 4.33. The number of anilines is 1. The van der Waals surface area contributed by atoms with Crippen molar-refractivity contribution in [3.05, 3.63) is 22.7 Å². The van der Waals surface area contributed by atoms with E-state index in [4.69, 9.17) is 21.1 Å². The third-order valence-electron chi connectivity index (χ3n) is 3.72. The lowest BCUT2D eigenvalue weighted by molar-refractivity contribution is -0.117. The normalized spacial score (nSPS) is 24.0. The number of carbonyl (C=O) groups is 1. The first-order valence-electron chi connectivity index (χ1n) is 7.31. The van der Waals surface area contributed by atoms with E-state index in [9.17, 15) is 4.79 Å². The van der Waals surface area contributed by atoms with E-state index in [0.29, 0.717) is 24.0 Å². The molecule has 5 nitrogen and oxygen atoms in total. The smallest absolute Gasteiger partial charge is 0.246 e. The molecule has 3 rings (SSSR count). The maximum absolute atomic E-state index is 12.0. The van der Waals surface area contributed by atoms with Crippen molar-refractivity contribution in [1.82, 2.24) is 5.32 Å². The summed E-state index contributed by atoms with van der Waals surface area (Å²) >= 11 is 6.30. The molecule has 1 fully saturated rings. The molecule has 0 aliphatic carbocycles. The Bertz CT molecular complexity index is 544. The van der Waals surface area contributed by atoms with E-state index >= 15 is 0 Å². The number of fused-ring (bicyclic) bond motifs is 1. The Balaban J connectivity index is 1.81. The first kappa shape index (κ1) is 14.6. The van der Waals surface area contributed by atoms with E-state index in [-0.39, 0.29) is 18.1 Å². The zero-order valence-corrected chi connectivity index (χ0v) is 12.7. The van der Waals surface area contributed by atoms with Crippen molar-refractivity contribution in [2.24, 2.45) is 0 Å². The number of benzene rings is 1. The first-order valence-corrected chi connectivity index (χ1v) is 7.69. The van der Waals surface area contributed by atoms with Crippen LogP contribution in [0.4, 0.5) is 5.69 Å². The summed E-state index contributed by atoms with van der Waals surface area (Å²) in [6.45, 7) is 4.15. The number of hydrogen-bond donors (Lipinski definition) is 2. The average Bonchev–Trinajstić information content (AvgIpc) is 3.05. The Morgan fingerprint density at radius 3 is 3.10 bits per heavy atom. The lowest BCUT2D eigenvalue weighted by atomic mass is 10.1. The number of halogens is 1. The maximum Gasteiger partial charge on any atom is 0.246 e. The number of nitrogens with one attached hydrogen (secondary N) is 2. The molecule has 0 radical (unpaired) electrons. The molecule has 2 unspecified atom stereocenters. The highest BCUT2D eigenvalue weighted by molar-refractivity contribution is 6.32. The monoisotopic (exact) mass is 310 g/mol. The highest BCUT2D eigenvalue weighted by atomic mass is 35.5. The van der Waals surface area contributed by atoms with Gasteiger partial charge in [0.25, 0.3) is 0 Å². The van der Waals surface area contributed by atoms with Gasteiger partial charge in [0, 0.05) is 23.7 Å². The van der Waals surface area contributed by atoms with Gasteiger partial charge in [0.15, 0.2) is 0 Å². The summed E-state index contributed by atoms with van der Waals surface area (Å²) in [7, 11) is 0. The Morgan fingerprint density at radius 2 is 2.38 bits per heavy atom. The molecule has 6 heteroatoms. The summed E-state index contributed by atoms with van der Waals surface area (Å²) in [5.41, 5.74) is 1.65. The highest BCUT2D eigenvalue weighted by Crippen LogP contribution is 2.39. The van der Waals surface area contributed by atoms with Crippen molar-refractivity contribution in [3.63, 3.8) is 0 Å². The fraction of sp³-hybridized carbons (Fsp3) is 0.533. The number of carbonyl (C=O) groups excluding carboxylic acids is 1. The molecule has 1 amide bonds. The second kappa shape index (κ2) is 6.22. The second-order valence-electron chi connectivity index (χ2n) is 5.35. The van der Waals surface area contributed by atoms with Crippen LogP contribution in [-0.2, 0) is 9.53 Å². The van der Waals surface area contributed by atoms with Gasteiger partial charge in [-0.2, -0.15) is 0 Å². The molecule has 1 aromatic rings. The molecular weight excluding hydrogens is 292 g/mol. The number of rotatable bonds is 5. The molecule has 2 atom stereocenters. The summed E-state index contributed by atoms with van der Waals surface area (Å²) in [5, 5.41) is 6.63. The molecule has 2 N–H and O–H groups in total. The maximum atomic E-state index is 12.0. The van der Waals surface area contributed by atoms with Gasteiger partial charge in [-0.25, -0.2) is 0 Å². The van der Waals surface area contributed by atoms with Crippen LogP contribution in [0, 0.1) is 0 Å². The van der Waals surface area contributed by atoms with Crippen LogP contribution in [0.3, 0.4) is 0 Å². The van der Waals surface area contributed by atoms with E-state index in [2.05, 4.69) is 17.6 Å². The van der Waals surface area contributed by atoms with Gasteiger partial charge in [-0.15, -0.1) is 0 Å². The van der Waals surface area contributed by atoms with Gasteiger partial charge in [-0.3, -0.25) is 4.79 Å². The second-order valence-corrected chi connectivity index (χ2v) is 5.76. The van der Waals surface area contributed by atoms with Crippen LogP contribution in [0.15, 0.2) is 12.1 Å². The van der Waals surface area contributed by atoms with Crippen molar-refractivity contribution in [2.45, 2.75) is 31.9 Å². The molecule has 114 valence electrons. The fourth-order valence-electron chi connectivity index (χ4n) is 2.63. The quantitative estimate of drug-likeness (QED) is 0.877. The number of hydrogen-bond acceptors (Lipinski definition) is 4. The Labute approximate surface area is 128 Å². The lowest BCUT2D eigenvalue weighted by Gasteiger charge is -2.15. The van der Waals surface area contributed by atoms with Crippen molar-refractivity contribution in [1.29, 1.82) is 0 Å². The van der Waals surface area contributed by atoms with E-state index < -0.39 is 0 Å². The first-order chi connectivity index (χ1) is 10.2. The van der Waals surface area contributed by atoms with Gasteiger partial charge in [-0.1, -0.05) is 18.5 Å². The highest BCUT2D eigenvalue weighted by Gasteiger charge is 2.31. The van der Waals surface area contributed by atoms with Gasteiger partial charge in [0.2, 0.25) is 5.91 Å².